The molecule has 3 rings (SSSR count). The van der Waals surface area contributed by atoms with Gasteiger partial charge in [0.2, 0.25) is 5.91 Å². The molecule has 0 atom stereocenters. The lowest BCUT2D eigenvalue weighted by atomic mass is 10.2. The maximum atomic E-state index is 11.0. The first-order valence-electron chi connectivity index (χ1n) is 5.41. The topological polar surface area (TPSA) is 69.1 Å². The van der Waals surface area contributed by atoms with Gasteiger partial charge in [0, 0.05) is 12.0 Å². The second kappa shape index (κ2) is 3.33. The van der Waals surface area contributed by atoms with Crippen molar-refractivity contribution in [1.29, 1.82) is 0 Å². The number of fused-ring (bicyclic) bond motifs is 1. The quantitative estimate of drug-likeness (QED) is 0.851. The second-order valence-corrected chi connectivity index (χ2v) is 4.30. The molecule has 1 aromatic carbocycles. The molecule has 1 fully saturated rings. The molecule has 1 aromatic heterocycles. The molecule has 0 bridgehead atoms. The summed E-state index contributed by atoms with van der Waals surface area (Å²) in [6.07, 6.45) is 3.44. The van der Waals surface area contributed by atoms with Gasteiger partial charge in [-0.15, -0.1) is 0 Å². The third-order valence-corrected chi connectivity index (χ3v) is 2.88. The first-order chi connectivity index (χ1) is 7.72. The van der Waals surface area contributed by atoms with Crippen LogP contribution in [0, 0.1) is 5.92 Å². The fourth-order valence-corrected chi connectivity index (χ4v) is 1.78. The number of hydrogen-bond donors (Lipinski definition) is 1. The molecule has 2 aromatic rings. The van der Waals surface area contributed by atoms with E-state index in [9.17, 15) is 4.79 Å². The van der Waals surface area contributed by atoms with Crippen LogP contribution in [0.4, 0.5) is 0 Å². The van der Waals surface area contributed by atoms with Crippen LogP contribution in [-0.4, -0.2) is 10.9 Å². The van der Waals surface area contributed by atoms with Crippen molar-refractivity contribution in [2.24, 2.45) is 11.7 Å². The van der Waals surface area contributed by atoms with Crippen LogP contribution in [0.1, 0.15) is 29.1 Å². The average Bonchev–Trinajstić information content (AvgIpc) is 2.96. The lowest BCUT2D eigenvalue weighted by molar-refractivity contribution is 0.100. The summed E-state index contributed by atoms with van der Waals surface area (Å²) in [5.74, 6) is 1.06. The van der Waals surface area contributed by atoms with Gasteiger partial charge in [0.15, 0.2) is 11.5 Å². The van der Waals surface area contributed by atoms with E-state index < -0.39 is 5.91 Å². The predicted molar refractivity (Wildman–Crippen MR) is 59.0 cm³/mol. The number of hydrogen-bond acceptors (Lipinski definition) is 3. The van der Waals surface area contributed by atoms with Crippen LogP contribution in [0.25, 0.3) is 11.1 Å². The van der Waals surface area contributed by atoms with Gasteiger partial charge in [-0.25, -0.2) is 4.98 Å². The Morgan fingerprint density at radius 1 is 1.50 bits per heavy atom. The van der Waals surface area contributed by atoms with Crippen LogP contribution in [-0.2, 0) is 6.42 Å². The Balaban J connectivity index is 1.99. The molecule has 4 heteroatoms. The van der Waals surface area contributed by atoms with Crippen molar-refractivity contribution in [1.82, 2.24) is 4.98 Å². The van der Waals surface area contributed by atoms with Crippen LogP contribution in [0.2, 0.25) is 0 Å². The van der Waals surface area contributed by atoms with E-state index >= 15 is 0 Å². The molecule has 0 radical (unpaired) electrons. The second-order valence-electron chi connectivity index (χ2n) is 4.30. The molecule has 1 heterocycles. The lowest BCUT2D eigenvalue weighted by Gasteiger charge is -1.92. The van der Waals surface area contributed by atoms with E-state index in [4.69, 9.17) is 10.2 Å². The summed E-state index contributed by atoms with van der Waals surface area (Å²) in [5.41, 5.74) is 7.10. The van der Waals surface area contributed by atoms with E-state index in [1.165, 1.54) is 12.8 Å². The summed E-state index contributed by atoms with van der Waals surface area (Å²) in [6.45, 7) is 0. The molecular weight excluding hydrogens is 204 g/mol. The fourth-order valence-electron chi connectivity index (χ4n) is 1.78. The van der Waals surface area contributed by atoms with Crippen molar-refractivity contribution in [2.75, 3.05) is 0 Å². The highest BCUT2D eigenvalue weighted by Crippen LogP contribution is 2.33. The van der Waals surface area contributed by atoms with Crippen molar-refractivity contribution >= 4 is 17.0 Å². The minimum Gasteiger partial charge on any atom is -0.441 e. The van der Waals surface area contributed by atoms with E-state index in [-0.39, 0.29) is 0 Å². The van der Waals surface area contributed by atoms with Gasteiger partial charge < -0.3 is 10.2 Å². The SMILES string of the molecule is NC(=O)c1ccc2nc(CC3CC3)oc2c1. The number of nitrogens with zero attached hydrogens (tertiary/aromatic N) is 1. The number of aromatic nitrogens is 1. The number of nitrogens with two attached hydrogens (primary N) is 1. The minimum atomic E-state index is -0.443. The summed E-state index contributed by atoms with van der Waals surface area (Å²) in [4.78, 5) is 15.4. The van der Waals surface area contributed by atoms with Crippen LogP contribution in [0.5, 0.6) is 0 Å². The molecular formula is C12H12N2O2. The molecule has 1 amide bonds. The summed E-state index contributed by atoms with van der Waals surface area (Å²) >= 11 is 0. The molecule has 82 valence electrons. The molecule has 0 aliphatic heterocycles. The number of benzene rings is 1. The van der Waals surface area contributed by atoms with Crippen molar-refractivity contribution in [3.8, 4) is 0 Å². The number of oxazole rings is 1. The summed E-state index contributed by atoms with van der Waals surface area (Å²) in [5, 5.41) is 0. The normalized spacial score (nSPS) is 15.5. The van der Waals surface area contributed by atoms with Gasteiger partial charge in [-0.3, -0.25) is 4.79 Å². The van der Waals surface area contributed by atoms with Gasteiger partial charge in [-0.05, 0) is 37.0 Å². The van der Waals surface area contributed by atoms with Crippen molar-refractivity contribution in [3.63, 3.8) is 0 Å². The van der Waals surface area contributed by atoms with Gasteiger partial charge >= 0.3 is 0 Å². The van der Waals surface area contributed by atoms with Gasteiger partial charge in [-0.2, -0.15) is 0 Å². The molecule has 1 aliphatic rings. The smallest absolute Gasteiger partial charge is 0.248 e. The average molecular weight is 216 g/mol. The Hall–Kier alpha value is -1.84. The predicted octanol–water partition coefficient (Wildman–Crippen LogP) is 1.88. The van der Waals surface area contributed by atoms with Crippen LogP contribution >= 0.6 is 0 Å². The van der Waals surface area contributed by atoms with Gasteiger partial charge in [0.05, 0.1) is 0 Å². The van der Waals surface area contributed by atoms with Crippen molar-refractivity contribution in [3.05, 3.63) is 29.7 Å². The number of carbonyl (C=O) groups excluding carboxylic acids is 1. The Labute approximate surface area is 92.4 Å². The first-order valence-corrected chi connectivity index (χ1v) is 5.41. The maximum Gasteiger partial charge on any atom is 0.248 e. The Kier molecular flexibility index (Phi) is 1.96. The molecule has 16 heavy (non-hydrogen) atoms. The van der Waals surface area contributed by atoms with Gasteiger partial charge in [-0.1, -0.05) is 0 Å². The van der Waals surface area contributed by atoms with E-state index in [0.29, 0.717) is 11.1 Å². The third-order valence-electron chi connectivity index (χ3n) is 2.88. The molecule has 1 saturated carbocycles. The Morgan fingerprint density at radius 3 is 3.00 bits per heavy atom. The zero-order chi connectivity index (χ0) is 11.1. The van der Waals surface area contributed by atoms with Gasteiger partial charge in [0.1, 0.15) is 5.52 Å². The van der Waals surface area contributed by atoms with Crippen LogP contribution < -0.4 is 5.73 Å². The number of amides is 1. The standard InChI is InChI=1S/C12H12N2O2/c13-12(15)8-3-4-9-10(6-8)16-11(14-9)5-7-1-2-7/h3-4,6-7H,1-2,5H2,(H2,13,15). The van der Waals surface area contributed by atoms with Gasteiger partial charge in [0.25, 0.3) is 0 Å². The third kappa shape index (κ3) is 1.66. The minimum absolute atomic E-state index is 0.443. The molecule has 0 unspecified atom stereocenters. The van der Waals surface area contributed by atoms with Crippen molar-refractivity contribution in [2.45, 2.75) is 19.3 Å². The van der Waals surface area contributed by atoms with Crippen LogP contribution in [0.15, 0.2) is 22.6 Å². The monoisotopic (exact) mass is 216 g/mol. The highest BCUT2D eigenvalue weighted by atomic mass is 16.3. The Morgan fingerprint density at radius 2 is 2.31 bits per heavy atom. The van der Waals surface area contributed by atoms with Crippen LogP contribution in [0.3, 0.4) is 0 Å². The van der Waals surface area contributed by atoms with E-state index in [1.54, 1.807) is 18.2 Å². The summed E-state index contributed by atoms with van der Waals surface area (Å²) in [6, 6.07) is 5.10. The highest BCUT2D eigenvalue weighted by Gasteiger charge is 2.24. The molecule has 2 N–H and O–H groups in total. The molecule has 4 nitrogen and oxygen atoms in total. The van der Waals surface area contributed by atoms with E-state index in [2.05, 4.69) is 4.98 Å². The largest absolute Gasteiger partial charge is 0.441 e. The maximum absolute atomic E-state index is 11.0. The number of primary amides is 1. The zero-order valence-electron chi connectivity index (χ0n) is 8.77. The summed E-state index contributed by atoms with van der Waals surface area (Å²) in [7, 11) is 0. The first kappa shape index (κ1) is 9.39. The number of rotatable bonds is 3. The summed E-state index contributed by atoms with van der Waals surface area (Å²) < 4.78 is 5.59. The highest BCUT2D eigenvalue weighted by molar-refractivity contribution is 5.95. The molecule has 1 aliphatic carbocycles. The molecule has 0 spiro atoms. The lowest BCUT2D eigenvalue weighted by Crippen LogP contribution is -2.10. The van der Waals surface area contributed by atoms with E-state index in [0.717, 1.165) is 23.7 Å². The fraction of sp³-hybridized carbons (Fsp3) is 0.333. The van der Waals surface area contributed by atoms with Crippen molar-refractivity contribution < 1.29 is 9.21 Å². The zero-order valence-corrected chi connectivity index (χ0v) is 8.77. The molecule has 0 saturated heterocycles. The number of carbonyl (C=O) groups is 1. The van der Waals surface area contributed by atoms with E-state index in [1.807, 2.05) is 0 Å². The Bertz CT molecular complexity index is 555.